The quantitative estimate of drug-likeness (QED) is 0.871. The number of aliphatic hydroxyl groups excluding tert-OH is 1. The van der Waals surface area contributed by atoms with Crippen molar-refractivity contribution in [1.29, 1.82) is 0 Å². The molecule has 1 aromatic heterocycles. The fraction of sp³-hybridized carbons (Fsp3) is 0.692. The highest BCUT2D eigenvalue weighted by molar-refractivity contribution is 9.11. The second kappa shape index (κ2) is 6.48. The van der Waals surface area contributed by atoms with Gasteiger partial charge in [-0.1, -0.05) is 6.92 Å². The zero-order valence-corrected chi connectivity index (χ0v) is 13.1. The van der Waals surface area contributed by atoms with E-state index in [1.165, 1.54) is 4.88 Å². The summed E-state index contributed by atoms with van der Waals surface area (Å²) in [6.45, 7) is 4.43. The smallest absolute Gasteiger partial charge is 0.0702 e. The van der Waals surface area contributed by atoms with Crippen LogP contribution in [0.3, 0.4) is 0 Å². The molecule has 0 bridgehead atoms. The van der Waals surface area contributed by atoms with Crippen LogP contribution in [0.1, 0.15) is 30.7 Å². The normalized spacial score (nSPS) is 24.3. The van der Waals surface area contributed by atoms with Crippen LogP contribution in [0.2, 0.25) is 0 Å². The first-order valence-corrected chi connectivity index (χ1v) is 8.12. The Kier molecular flexibility index (Phi) is 5.21. The Morgan fingerprint density at radius 2 is 2.39 bits per heavy atom. The van der Waals surface area contributed by atoms with Gasteiger partial charge < -0.3 is 10.8 Å². The summed E-state index contributed by atoms with van der Waals surface area (Å²) in [5.74, 6) is 0.417. The number of nitrogens with zero attached hydrogens (tertiary/aromatic N) is 1. The molecule has 1 saturated heterocycles. The molecule has 0 spiro atoms. The van der Waals surface area contributed by atoms with E-state index in [0.29, 0.717) is 18.6 Å². The molecule has 3 nitrogen and oxygen atoms in total. The SMILES string of the molecule is CCC(N)C(c1ccc(Br)s1)N1CCC(CO)C1. The zero-order chi connectivity index (χ0) is 13.1. The second-order valence-electron chi connectivity index (χ2n) is 4.99. The van der Waals surface area contributed by atoms with Crippen LogP contribution < -0.4 is 5.73 Å². The van der Waals surface area contributed by atoms with E-state index in [1.807, 2.05) is 0 Å². The van der Waals surface area contributed by atoms with E-state index in [2.05, 4.69) is 39.9 Å². The number of nitrogens with two attached hydrogens (primary N) is 1. The first-order valence-electron chi connectivity index (χ1n) is 6.51. The Morgan fingerprint density at radius 3 is 2.89 bits per heavy atom. The molecule has 102 valence electrons. The van der Waals surface area contributed by atoms with Crippen LogP contribution in [0, 0.1) is 5.92 Å². The standard InChI is InChI=1S/C13H21BrN2OS/c1-2-10(15)13(11-3-4-12(14)18-11)16-6-5-9(7-16)8-17/h3-4,9-10,13,17H,2,5-8,15H2,1H3. The van der Waals surface area contributed by atoms with Crippen LogP contribution in [-0.2, 0) is 0 Å². The lowest BCUT2D eigenvalue weighted by atomic mass is 10.0. The van der Waals surface area contributed by atoms with Gasteiger partial charge in [0.15, 0.2) is 0 Å². The van der Waals surface area contributed by atoms with Crippen molar-refractivity contribution < 1.29 is 5.11 Å². The molecule has 1 aromatic rings. The van der Waals surface area contributed by atoms with Crippen molar-refractivity contribution in [3.05, 3.63) is 20.8 Å². The predicted molar refractivity (Wildman–Crippen MR) is 79.8 cm³/mol. The molecule has 2 rings (SSSR count). The fourth-order valence-electron chi connectivity index (χ4n) is 2.64. The van der Waals surface area contributed by atoms with Crippen LogP contribution in [0.5, 0.6) is 0 Å². The highest BCUT2D eigenvalue weighted by Crippen LogP contribution is 2.35. The van der Waals surface area contributed by atoms with E-state index in [0.717, 1.165) is 29.7 Å². The number of likely N-dealkylation sites (tertiary alicyclic amines) is 1. The third kappa shape index (κ3) is 3.14. The van der Waals surface area contributed by atoms with Crippen molar-refractivity contribution in [2.75, 3.05) is 19.7 Å². The molecule has 2 heterocycles. The van der Waals surface area contributed by atoms with Gasteiger partial charge in [-0.2, -0.15) is 0 Å². The van der Waals surface area contributed by atoms with Crippen LogP contribution in [0.25, 0.3) is 0 Å². The van der Waals surface area contributed by atoms with E-state index in [1.54, 1.807) is 11.3 Å². The Hall–Kier alpha value is 0.0600. The van der Waals surface area contributed by atoms with Crippen LogP contribution in [0.15, 0.2) is 15.9 Å². The molecule has 1 aliphatic heterocycles. The highest BCUT2D eigenvalue weighted by Gasteiger charge is 2.32. The van der Waals surface area contributed by atoms with Gasteiger partial charge in [0, 0.05) is 24.1 Å². The van der Waals surface area contributed by atoms with Crippen molar-refractivity contribution in [2.45, 2.75) is 31.8 Å². The summed E-state index contributed by atoms with van der Waals surface area (Å²) >= 11 is 5.29. The maximum absolute atomic E-state index is 9.27. The van der Waals surface area contributed by atoms with Crippen LogP contribution >= 0.6 is 27.3 Å². The molecule has 1 fully saturated rings. The number of aliphatic hydroxyl groups is 1. The van der Waals surface area contributed by atoms with E-state index < -0.39 is 0 Å². The van der Waals surface area contributed by atoms with Gasteiger partial charge in [-0.05, 0) is 53.4 Å². The van der Waals surface area contributed by atoms with Crippen molar-refractivity contribution in [2.24, 2.45) is 11.7 Å². The largest absolute Gasteiger partial charge is 0.396 e. The lowest BCUT2D eigenvalue weighted by molar-refractivity contribution is 0.182. The molecule has 1 aliphatic rings. The van der Waals surface area contributed by atoms with Crippen molar-refractivity contribution >= 4 is 27.3 Å². The number of hydrogen-bond donors (Lipinski definition) is 2. The van der Waals surface area contributed by atoms with Crippen molar-refractivity contribution in [3.8, 4) is 0 Å². The van der Waals surface area contributed by atoms with E-state index >= 15 is 0 Å². The van der Waals surface area contributed by atoms with Gasteiger partial charge in [0.1, 0.15) is 0 Å². The second-order valence-corrected chi connectivity index (χ2v) is 7.49. The van der Waals surface area contributed by atoms with E-state index in [-0.39, 0.29) is 6.04 Å². The zero-order valence-electron chi connectivity index (χ0n) is 10.7. The molecule has 3 unspecified atom stereocenters. The minimum atomic E-state index is 0.160. The monoisotopic (exact) mass is 332 g/mol. The number of hydrogen-bond acceptors (Lipinski definition) is 4. The minimum absolute atomic E-state index is 0.160. The Balaban J connectivity index is 2.16. The van der Waals surface area contributed by atoms with Gasteiger partial charge in [-0.25, -0.2) is 0 Å². The third-order valence-electron chi connectivity index (χ3n) is 3.73. The average molecular weight is 333 g/mol. The summed E-state index contributed by atoms with van der Waals surface area (Å²) in [5.41, 5.74) is 6.31. The topological polar surface area (TPSA) is 49.5 Å². The summed E-state index contributed by atoms with van der Waals surface area (Å²) in [6.07, 6.45) is 2.05. The molecule has 5 heteroatoms. The van der Waals surface area contributed by atoms with Gasteiger partial charge >= 0.3 is 0 Å². The number of rotatable bonds is 5. The Morgan fingerprint density at radius 1 is 1.61 bits per heavy atom. The lowest BCUT2D eigenvalue weighted by Crippen LogP contribution is -2.39. The number of halogens is 1. The highest BCUT2D eigenvalue weighted by atomic mass is 79.9. The molecule has 3 atom stereocenters. The van der Waals surface area contributed by atoms with E-state index in [9.17, 15) is 5.11 Å². The maximum atomic E-state index is 9.27. The van der Waals surface area contributed by atoms with Gasteiger partial charge in [0.05, 0.1) is 9.83 Å². The first kappa shape index (κ1) is 14.5. The Bertz CT molecular complexity index is 385. The van der Waals surface area contributed by atoms with E-state index in [4.69, 9.17) is 5.73 Å². The van der Waals surface area contributed by atoms with Crippen molar-refractivity contribution in [3.63, 3.8) is 0 Å². The molecular weight excluding hydrogens is 312 g/mol. The molecule has 0 amide bonds. The van der Waals surface area contributed by atoms with Gasteiger partial charge in [-0.3, -0.25) is 4.90 Å². The molecule has 18 heavy (non-hydrogen) atoms. The molecule has 0 aromatic carbocycles. The molecule has 0 saturated carbocycles. The van der Waals surface area contributed by atoms with Gasteiger partial charge in [0.2, 0.25) is 0 Å². The minimum Gasteiger partial charge on any atom is -0.396 e. The summed E-state index contributed by atoms with van der Waals surface area (Å²) in [6, 6.07) is 4.71. The Labute approximate surface area is 121 Å². The molecular formula is C13H21BrN2OS. The van der Waals surface area contributed by atoms with Crippen LogP contribution in [-0.4, -0.2) is 35.7 Å². The van der Waals surface area contributed by atoms with Crippen molar-refractivity contribution in [1.82, 2.24) is 4.90 Å². The fourth-order valence-corrected chi connectivity index (χ4v) is 4.27. The van der Waals surface area contributed by atoms with Gasteiger partial charge in [0.25, 0.3) is 0 Å². The predicted octanol–water partition coefficient (Wildman–Crippen LogP) is 2.60. The first-order chi connectivity index (χ1) is 8.65. The molecule has 3 N–H and O–H groups in total. The summed E-state index contributed by atoms with van der Waals surface area (Å²) < 4.78 is 1.16. The van der Waals surface area contributed by atoms with Crippen LogP contribution in [0.4, 0.5) is 0 Å². The maximum Gasteiger partial charge on any atom is 0.0702 e. The summed E-state index contributed by atoms with van der Waals surface area (Å²) in [7, 11) is 0. The summed E-state index contributed by atoms with van der Waals surface area (Å²) in [4.78, 5) is 3.77. The summed E-state index contributed by atoms with van der Waals surface area (Å²) in [5, 5.41) is 9.27. The average Bonchev–Trinajstić information content (AvgIpc) is 2.99. The lowest BCUT2D eigenvalue weighted by Gasteiger charge is -2.31. The third-order valence-corrected chi connectivity index (χ3v) is 5.43. The van der Waals surface area contributed by atoms with Gasteiger partial charge in [-0.15, -0.1) is 11.3 Å². The molecule has 0 aliphatic carbocycles. The number of thiophene rings is 1. The molecule has 0 radical (unpaired) electrons.